The minimum Gasteiger partial charge on any atom is -0.384 e. The third-order valence-electron chi connectivity index (χ3n) is 3.64. The maximum Gasteiger partial charge on any atom is 0.251 e. The van der Waals surface area contributed by atoms with Crippen LogP contribution in [0, 0.1) is 18.8 Å². The molecule has 1 aromatic rings. The van der Waals surface area contributed by atoms with Gasteiger partial charge < -0.3 is 16.4 Å². The highest BCUT2D eigenvalue weighted by Crippen LogP contribution is 2.18. The van der Waals surface area contributed by atoms with Crippen LogP contribution in [0.15, 0.2) is 18.2 Å². The second-order valence-electron chi connectivity index (χ2n) is 5.51. The van der Waals surface area contributed by atoms with E-state index in [9.17, 15) is 4.79 Å². The third-order valence-corrected chi connectivity index (χ3v) is 3.64. The van der Waals surface area contributed by atoms with Crippen LogP contribution in [0.5, 0.6) is 0 Å². The fourth-order valence-electron chi connectivity index (χ4n) is 2.05. The average molecular weight is 277 g/mol. The molecular formula is C16H27N3O. The van der Waals surface area contributed by atoms with E-state index in [4.69, 9.17) is 5.73 Å². The maximum atomic E-state index is 11.9. The van der Waals surface area contributed by atoms with Gasteiger partial charge in [-0.2, -0.15) is 0 Å². The summed E-state index contributed by atoms with van der Waals surface area (Å²) in [6, 6.07) is 5.74. The average Bonchev–Trinajstić information content (AvgIpc) is 2.41. The van der Waals surface area contributed by atoms with Crippen LogP contribution in [0.3, 0.4) is 0 Å². The normalized spacial score (nSPS) is 12.3. The first kappa shape index (κ1) is 16.5. The van der Waals surface area contributed by atoms with Crippen molar-refractivity contribution in [3.8, 4) is 0 Å². The molecule has 0 aliphatic rings. The molecule has 0 aromatic heterocycles. The predicted molar refractivity (Wildman–Crippen MR) is 85.1 cm³/mol. The highest BCUT2D eigenvalue weighted by atomic mass is 16.1. The molecule has 4 nitrogen and oxygen atoms in total. The van der Waals surface area contributed by atoms with Gasteiger partial charge in [-0.1, -0.05) is 19.9 Å². The molecule has 0 spiro atoms. The van der Waals surface area contributed by atoms with Crippen molar-refractivity contribution in [2.24, 2.45) is 17.6 Å². The van der Waals surface area contributed by atoms with E-state index in [1.807, 2.05) is 32.0 Å². The fourth-order valence-corrected chi connectivity index (χ4v) is 2.05. The van der Waals surface area contributed by atoms with Gasteiger partial charge in [0.2, 0.25) is 0 Å². The number of hydrogen-bond acceptors (Lipinski definition) is 3. The molecule has 1 unspecified atom stereocenters. The smallest absolute Gasteiger partial charge is 0.251 e. The van der Waals surface area contributed by atoms with E-state index in [-0.39, 0.29) is 5.91 Å². The summed E-state index contributed by atoms with van der Waals surface area (Å²) in [5, 5.41) is 6.24. The molecule has 4 heteroatoms. The van der Waals surface area contributed by atoms with Crippen LogP contribution in [0.25, 0.3) is 0 Å². The van der Waals surface area contributed by atoms with Crippen LogP contribution in [-0.4, -0.2) is 25.5 Å². The number of benzene rings is 1. The molecule has 0 radical (unpaired) electrons. The van der Waals surface area contributed by atoms with Crippen molar-refractivity contribution in [2.75, 3.05) is 25.0 Å². The quantitative estimate of drug-likeness (QED) is 0.717. The Morgan fingerprint density at radius 3 is 2.60 bits per heavy atom. The molecule has 0 saturated heterocycles. The van der Waals surface area contributed by atoms with Crippen molar-refractivity contribution >= 4 is 11.6 Å². The number of nitrogens with one attached hydrogen (secondary N) is 2. The van der Waals surface area contributed by atoms with Crippen LogP contribution in [0.1, 0.15) is 36.7 Å². The minimum absolute atomic E-state index is 0.0326. The predicted octanol–water partition coefficient (Wildman–Crippen LogP) is 2.39. The van der Waals surface area contributed by atoms with E-state index >= 15 is 0 Å². The summed E-state index contributed by atoms with van der Waals surface area (Å²) < 4.78 is 0. The first-order chi connectivity index (χ1) is 9.49. The largest absolute Gasteiger partial charge is 0.384 e. The topological polar surface area (TPSA) is 67.2 Å². The van der Waals surface area contributed by atoms with Crippen LogP contribution >= 0.6 is 0 Å². The number of hydrogen-bond donors (Lipinski definition) is 3. The summed E-state index contributed by atoms with van der Waals surface area (Å²) in [6.07, 6.45) is 0. The van der Waals surface area contributed by atoms with E-state index in [1.54, 1.807) is 0 Å². The maximum absolute atomic E-state index is 11.9. The molecule has 0 saturated carbocycles. The Bertz CT molecular complexity index is 443. The first-order valence-corrected chi connectivity index (χ1v) is 7.32. The van der Waals surface area contributed by atoms with Crippen LogP contribution in [0.2, 0.25) is 0 Å². The Morgan fingerprint density at radius 1 is 1.35 bits per heavy atom. The molecule has 1 amide bonds. The summed E-state index contributed by atoms with van der Waals surface area (Å²) in [4.78, 5) is 11.9. The molecule has 0 bridgehead atoms. The van der Waals surface area contributed by atoms with Gasteiger partial charge in [-0.05, 0) is 49.9 Å². The molecule has 0 aliphatic heterocycles. The minimum atomic E-state index is -0.0326. The van der Waals surface area contributed by atoms with Gasteiger partial charge in [0.1, 0.15) is 0 Å². The summed E-state index contributed by atoms with van der Waals surface area (Å²) in [5.74, 6) is 0.941. The third kappa shape index (κ3) is 4.53. The molecule has 20 heavy (non-hydrogen) atoms. The molecular weight excluding hydrogens is 250 g/mol. The van der Waals surface area contributed by atoms with Crippen molar-refractivity contribution in [3.05, 3.63) is 29.3 Å². The Labute approximate surface area is 122 Å². The SMILES string of the molecule is CCNC(=O)c1ccc(C)c(NCC(CN)C(C)C)c1. The number of carbonyl (C=O) groups is 1. The van der Waals surface area contributed by atoms with Gasteiger partial charge >= 0.3 is 0 Å². The van der Waals surface area contributed by atoms with Crippen LogP contribution < -0.4 is 16.4 Å². The van der Waals surface area contributed by atoms with E-state index in [0.717, 1.165) is 17.8 Å². The van der Waals surface area contributed by atoms with Crippen molar-refractivity contribution in [1.82, 2.24) is 5.32 Å². The standard InChI is InChI=1S/C16H27N3O/c1-5-18-16(20)13-7-6-12(4)15(8-13)19-10-14(9-17)11(2)3/h6-8,11,14,19H,5,9-10,17H2,1-4H3,(H,18,20). The zero-order valence-corrected chi connectivity index (χ0v) is 13.0. The van der Waals surface area contributed by atoms with Crippen LogP contribution in [0.4, 0.5) is 5.69 Å². The lowest BCUT2D eigenvalue weighted by Crippen LogP contribution is -2.27. The second kappa shape index (κ2) is 7.90. The summed E-state index contributed by atoms with van der Waals surface area (Å²) in [7, 11) is 0. The monoisotopic (exact) mass is 277 g/mol. The van der Waals surface area contributed by atoms with E-state index in [1.165, 1.54) is 0 Å². The molecule has 0 fully saturated rings. The molecule has 0 heterocycles. The fraction of sp³-hybridized carbons (Fsp3) is 0.562. The van der Waals surface area contributed by atoms with Crippen molar-refractivity contribution < 1.29 is 4.79 Å². The molecule has 112 valence electrons. The Balaban J connectivity index is 2.79. The van der Waals surface area contributed by atoms with Gasteiger partial charge in [0, 0.05) is 24.3 Å². The number of carbonyl (C=O) groups excluding carboxylic acids is 1. The highest BCUT2D eigenvalue weighted by Gasteiger charge is 2.12. The van der Waals surface area contributed by atoms with Crippen molar-refractivity contribution in [3.63, 3.8) is 0 Å². The number of amides is 1. The molecule has 0 aliphatic carbocycles. The summed E-state index contributed by atoms with van der Waals surface area (Å²) >= 11 is 0. The van der Waals surface area contributed by atoms with Gasteiger partial charge in [0.25, 0.3) is 5.91 Å². The van der Waals surface area contributed by atoms with Crippen molar-refractivity contribution in [1.29, 1.82) is 0 Å². The Morgan fingerprint density at radius 2 is 2.05 bits per heavy atom. The Kier molecular flexibility index (Phi) is 6.52. The summed E-state index contributed by atoms with van der Waals surface area (Å²) in [6.45, 7) is 10.4. The number of nitrogens with two attached hydrogens (primary N) is 1. The number of aryl methyl sites for hydroxylation is 1. The lowest BCUT2D eigenvalue weighted by Gasteiger charge is -2.21. The molecule has 4 N–H and O–H groups in total. The van der Waals surface area contributed by atoms with Crippen molar-refractivity contribution in [2.45, 2.75) is 27.7 Å². The lowest BCUT2D eigenvalue weighted by molar-refractivity contribution is 0.0956. The zero-order chi connectivity index (χ0) is 15.1. The van der Waals surface area contributed by atoms with Gasteiger partial charge in [-0.25, -0.2) is 0 Å². The van der Waals surface area contributed by atoms with E-state index in [0.29, 0.717) is 30.5 Å². The van der Waals surface area contributed by atoms with Gasteiger partial charge in [-0.15, -0.1) is 0 Å². The number of anilines is 1. The van der Waals surface area contributed by atoms with Crippen LogP contribution in [-0.2, 0) is 0 Å². The highest BCUT2D eigenvalue weighted by molar-refractivity contribution is 5.95. The second-order valence-corrected chi connectivity index (χ2v) is 5.51. The zero-order valence-electron chi connectivity index (χ0n) is 13.0. The van der Waals surface area contributed by atoms with Gasteiger partial charge in [-0.3, -0.25) is 4.79 Å². The van der Waals surface area contributed by atoms with E-state index in [2.05, 4.69) is 24.5 Å². The molecule has 1 rings (SSSR count). The first-order valence-electron chi connectivity index (χ1n) is 7.32. The van der Waals surface area contributed by atoms with Gasteiger partial charge in [0.15, 0.2) is 0 Å². The van der Waals surface area contributed by atoms with E-state index < -0.39 is 0 Å². The summed E-state index contributed by atoms with van der Waals surface area (Å²) in [5.41, 5.74) is 8.62. The molecule has 1 atom stereocenters. The molecule has 1 aromatic carbocycles. The Hall–Kier alpha value is -1.55. The lowest BCUT2D eigenvalue weighted by atomic mass is 9.96. The number of rotatable bonds is 7. The van der Waals surface area contributed by atoms with Gasteiger partial charge in [0.05, 0.1) is 0 Å².